The van der Waals surface area contributed by atoms with Crippen LogP contribution >= 0.6 is 0 Å². The molecule has 0 radical (unpaired) electrons. The van der Waals surface area contributed by atoms with Crippen molar-refractivity contribution in [1.29, 1.82) is 0 Å². The van der Waals surface area contributed by atoms with Crippen LogP contribution in [0.25, 0.3) is 10.9 Å². The Morgan fingerprint density at radius 2 is 2.05 bits per heavy atom. The number of nitrogens with two attached hydrogens (primary N) is 1. The van der Waals surface area contributed by atoms with Gasteiger partial charge >= 0.3 is 0 Å². The lowest BCUT2D eigenvalue weighted by Crippen LogP contribution is -2.38. The van der Waals surface area contributed by atoms with Gasteiger partial charge in [0.2, 0.25) is 0 Å². The van der Waals surface area contributed by atoms with Crippen LogP contribution in [0, 0.1) is 0 Å². The lowest BCUT2D eigenvalue weighted by molar-refractivity contribution is 0.0458. The Balaban J connectivity index is 1.86. The molecule has 4 nitrogen and oxygen atoms in total. The van der Waals surface area contributed by atoms with Crippen LogP contribution in [0.5, 0.6) is 0 Å². The smallest absolute Gasteiger partial charge is 0.133 e. The fourth-order valence-corrected chi connectivity index (χ4v) is 3.04. The molecular weight excluding hydrogens is 262 g/mol. The number of pyridine rings is 1. The molecule has 0 amide bonds. The van der Waals surface area contributed by atoms with Crippen LogP contribution in [0.3, 0.4) is 0 Å². The fraction of sp³-hybridized carbons (Fsp3) is 0.471. The highest BCUT2D eigenvalue weighted by Gasteiger charge is 2.22. The summed E-state index contributed by atoms with van der Waals surface area (Å²) in [7, 11) is 0. The average molecular weight is 285 g/mol. The van der Waals surface area contributed by atoms with E-state index in [1.54, 1.807) is 0 Å². The Kier molecular flexibility index (Phi) is 4.36. The molecule has 1 saturated heterocycles. The average Bonchev–Trinajstić information content (AvgIpc) is 2.54. The summed E-state index contributed by atoms with van der Waals surface area (Å²) in [5.74, 6) is 1.05. The van der Waals surface area contributed by atoms with E-state index in [-0.39, 0.29) is 0 Å². The quantitative estimate of drug-likeness (QED) is 0.938. The molecule has 0 unspecified atom stereocenters. The van der Waals surface area contributed by atoms with E-state index in [1.165, 1.54) is 0 Å². The van der Waals surface area contributed by atoms with Crippen molar-refractivity contribution in [2.75, 3.05) is 24.6 Å². The highest BCUT2D eigenvalue weighted by Crippen LogP contribution is 2.26. The van der Waals surface area contributed by atoms with Gasteiger partial charge in [0.15, 0.2) is 0 Å². The first-order valence-corrected chi connectivity index (χ1v) is 7.77. The second kappa shape index (κ2) is 6.41. The van der Waals surface area contributed by atoms with Gasteiger partial charge in [-0.3, -0.25) is 0 Å². The summed E-state index contributed by atoms with van der Waals surface area (Å²) in [6.45, 7) is 5.36. The maximum atomic E-state index is 5.93. The number of piperidine rings is 1. The molecule has 2 aromatic rings. The number of hydrogen-bond donors (Lipinski definition) is 1. The molecule has 0 saturated carbocycles. The van der Waals surface area contributed by atoms with E-state index < -0.39 is 0 Å². The third kappa shape index (κ3) is 3.01. The van der Waals surface area contributed by atoms with Gasteiger partial charge in [-0.05, 0) is 31.9 Å². The summed E-state index contributed by atoms with van der Waals surface area (Å²) in [6, 6.07) is 10.4. The van der Waals surface area contributed by atoms with Crippen LogP contribution in [0.4, 0.5) is 5.82 Å². The van der Waals surface area contributed by atoms with E-state index in [1.807, 2.05) is 12.1 Å². The van der Waals surface area contributed by atoms with Crippen molar-refractivity contribution in [3.63, 3.8) is 0 Å². The molecule has 0 spiro atoms. The molecule has 0 aliphatic carbocycles. The van der Waals surface area contributed by atoms with E-state index in [9.17, 15) is 0 Å². The normalized spacial score (nSPS) is 16.6. The Morgan fingerprint density at radius 1 is 1.29 bits per heavy atom. The predicted octanol–water partition coefficient (Wildman–Crippen LogP) is 2.70. The number of rotatable bonds is 4. The number of benzene rings is 1. The Morgan fingerprint density at radius 3 is 2.76 bits per heavy atom. The predicted molar refractivity (Wildman–Crippen MR) is 86.5 cm³/mol. The zero-order valence-electron chi connectivity index (χ0n) is 12.6. The molecule has 1 aromatic carbocycles. The van der Waals surface area contributed by atoms with Crippen LogP contribution in [-0.2, 0) is 11.3 Å². The Hall–Kier alpha value is -1.65. The Labute approximate surface area is 125 Å². The van der Waals surface area contributed by atoms with Gasteiger partial charge in [-0.2, -0.15) is 0 Å². The zero-order chi connectivity index (χ0) is 14.7. The summed E-state index contributed by atoms with van der Waals surface area (Å²) in [4.78, 5) is 7.20. The third-order valence-corrected chi connectivity index (χ3v) is 4.14. The van der Waals surface area contributed by atoms with Gasteiger partial charge in [0.05, 0.1) is 11.6 Å². The standard InChI is InChI=1S/C17H23N3O/c1-2-21-15-7-9-20(10-8-15)17-14(12-18)11-13-5-3-4-6-16(13)19-17/h3-6,11,15H,2,7-10,12,18H2,1H3. The van der Waals surface area contributed by atoms with E-state index in [0.29, 0.717) is 12.6 Å². The minimum absolute atomic E-state index is 0.396. The summed E-state index contributed by atoms with van der Waals surface area (Å²) < 4.78 is 5.72. The molecular formula is C17H23N3O. The lowest BCUT2D eigenvalue weighted by atomic mass is 10.1. The van der Waals surface area contributed by atoms with Crippen molar-refractivity contribution in [3.8, 4) is 0 Å². The molecule has 4 heteroatoms. The van der Waals surface area contributed by atoms with Gasteiger partial charge in [-0.1, -0.05) is 18.2 Å². The number of ether oxygens (including phenoxy) is 1. The summed E-state index contributed by atoms with van der Waals surface area (Å²) in [5.41, 5.74) is 8.10. The largest absolute Gasteiger partial charge is 0.378 e. The second-order valence-corrected chi connectivity index (χ2v) is 5.51. The lowest BCUT2D eigenvalue weighted by Gasteiger charge is -2.33. The number of nitrogens with zero attached hydrogens (tertiary/aromatic N) is 2. The van der Waals surface area contributed by atoms with E-state index >= 15 is 0 Å². The molecule has 1 aromatic heterocycles. The van der Waals surface area contributed by atoms with Crippen LogP contribution < -0.4 is 10.6 Å². The molecule has 21 heavy (non-hydrogen) atoms. The van der Waals surface area contributed by atoms with Gasteiger partial charge in [-0.25, -0.2) is 4.98 Å². The third-order valence-electron chi connectivity index (χ3n) is 4.14. The summed E-state index contributed by atoms with van der Waals surface area (Å²) >= 11 is 0. The van der Waals surface area contributed by atoms with E-state index in [4.69, 9.17) is 15.5 Å². The van der Waals surface area contributed by atoms with Crippen molar-refractivity contribution in [3.05, 3.63) is 35.9 Å². The molecule has 1 aliphatic heterocycles. The minimum Gasteiger partial charge on any atom is -0.378 e. The van der Waals surface area contributed by atoms with Crippen molar-refractivity contribution in [1.82, 2.24) is 4.98 Å². The summed E-state index contributed by atoms with van der Waals surface area (Å²) in [5, 5.41) is 1.16. The first-order valence-electron chi connectivity index (χ1n) is 7.77. The van der Waals surface area contributed by atoms with Crippen molar-refractivity contribution in [2.24, 2.45) is 5.73 Å². The number of hydrogen-bond acceptors (Lipinski definition) is 4. The maximum absolute atomic E-state index is 5.93. The highest BCUT2D eigenvalue weighted by atomic mass is 16.5. The fourth-order valence-electron chi connectivity index (χ4n) is 3.04. The Bertz CT molecular complexity index is 606. The number of aromatic nitrogens is 1. The highest BCUT2D eigenvalue weighted by molar-refractivity contribution is 5.81. The first-order chi connectivity index (χ1) is 10.3. The van der Waals surface area contributed by atoms with Gasteiger partial charge < -0.3 is 15.4 Å². The monoisotopic (exact) mass is 285 g/mol. The van der Waals surface area contributed by atoms with Crippen molar-refractivity contribution >= 4 is 16.7 Å². The van der Waals surface area contributed by atoms with Gasteiger partial charge in [0.1, 0.15) is 5.82 Å². The van der Waals surface area contributed by atoms with Crippen LogP contribution in [0.2, 0.25) is 0 Å². The van der Waals surface area contributed by atoms with Gasteiger partial charge in [0.25, 0.3) is 0 Å². The van der Waals surface area contributed by atoms with Crippen LogP contribution in [-0.4, -0.2) is 30.8 Å². The topological polar surface area (TPSA) is 51.4 Å². The maximum Gasteiger partial charge on any atom is 0.133 e. The SMILES string of the molecule is CCOC1CCN(c2nc3ccccc3cc2CN)CC1. The first kappa shape index (κ1) is 14.3. The van der Waals surface area contributed by atoms with Crippen molar-refractivity contribution < 1.29 is 4.74 Å². The summed E-state index contributed by atoms with van der Waals surface area (Å²) in [6.07, 6.45) is 2.52. The minimum atomic E-state index is 0.396. The molecule has 0 atom stereocenters. The molecule has 2 heterocycles. The molecule has 1 fully saturated rings. The van der Waals surface area contributed by atoms with Gasteiger partial charge in [0, 0.05) is 37.2 Å². The number of fused-ring (bicyclic) bond motifs is 1. The molecule has 2 N–H and O–H groups in total. The molecule has 1 aliphatic rings. The van der Waals surface area contributed by atoms with Crippen LogP contribution in [0.15, 0.2) is 30.3 Å². The molecule has 112 valence electrons. The van der Waals surface area contributed by atoms with E-state index in [2.05, 4.69) is 30.0 Å². The van der Waals surface area contributed by atoms with E-state index in [0.717, 1.165) is 54.8 Å². The number of para-hydroxylation sites is 1. The zero-order valence-corrected chi connectivity index (χ0v) is 12.6. The number of anilines is 1. The van der Waals surface area contributed by atoms with Gasteiger partial charge in [-0.15, -0.1) is 0 Å². The molecule has 0 bridgehead atoms. The van der Waals surface area contributed by atoms with Crippen LogP contribution in [0.1, 0.15) is 25.3 Å². The second-order valence-electron chi connectivity index (χ2n) is 5.51. The van der Waals surface area contributed by atoms with Crippen molar-refractivity contribution in [2.45, 2.75) is 32.4 Å². The molecule has 3 rings (SSSR count).